The molecular formula is C14H13FN2O2. The first kappa shape index (κ1) is 13.0. The number of nitrogen functional groups attached to an aromatic ring is 1. The Bertz CT molecular complexity index is 570. The van der Waals surface area contributed by atoms with Gasteiger partial charge in [-0.15, -0.1) is 0 Å². The van der Waals surface area contributed by atoms with E-state index in [2.05, 4.69) is 0 Å². The molecule has 0 saturated carbocycles. The van der Waals surface area contributed by atoms with Crippen molar-refractivity contribution in [3.05, 3.63) is 65.5 Å². The zero-order valence-corrected chi connectivity index (χ0v) is 10.1. The largest absolute Gasteiger partial charge is 0.489 e. The van der Waals surface area contributed by atoms with Gasteiger partial charge in [-0.25, -0.2) is 10.2 Å². The van der Waals surface area contributed by atoms with E-state index in [-0.39, 0.29) is 18.3 Å². The summed E-state index contributed by atoms with van der Waals surface area (Å²) in [6, 6.07) is 12.8. The van der Waals surface area contributed by atoms with Crippen LogP contribution in [0.3, 0.4) is 0 Å². The normalized spacial score (nSPS) is 10.0. The van der Waals surface area contributed by atoms with Crippen molar-refractivity contribution in [3.8, 4) is 5.75 Å². The van der Waals surface area contributed by atoms with Crippen LogP contribution in [0.2, 0.25) is 0 Å². The van der Waals surface area contributed by atoms with E-state index < -0.39 is 0 Å². The van der Waals surface area contributed by atoms with Gasteiger partial charge in [0.25, 0.3) is 5.91 Å². The maximum atomic E-state index is 13.4. The molecule has 19 heavy (non-hydrogen) atoms. The van der Waals surface area contributed by atoms with E-state index in [0.717, 1.165) is 0 Å². The molecule has 0 fully saturated rings. The average molecular weight is 260 g/mol. The standard InChI is InChI=1S/C14H13FN2O2/c15-13-4-2-1-3-11(13)9-19-12-7-5-10(6-8-12)14(18)17-16/h1-8H,9,16H2,(H,17,18). The smallest absolute Gasteiger partial charge is 0.265 e. The summed E-state index contributed by atoms with van der Waals surface area (Å²) in [7, 11) is 0. The number of nitrogens with two attached hydrogens (primary N) is 1. The Balaban J connectivity index is 2.01. The summed E-state index contributed by atoms with van der Waals surface area (Å²) in [6.45, 7) is 0.134. The molecule has 0 heterocycles. The van der Waals surface area contributed by atoms with Gasteiger partial charge in [-0.2, -0.15) is 0 Å². The third-order valence-corrected chi connectivity index (χ3v) is 2.60. The highest BCUT2D eigenvalue weighted by atomic mass is 19.1. The lowest BCUT2D eigenvalue weighted by atomic mass is 10.2. The van der Waals surface area contributed by atoms with E-state index in [1.165, 1.54) is 6.07 Å². The molecule has 2 aromatic rings. The van der Waals surface area contributed by atoms with Crippen LogP contribution in [0.1, 0.15) is 15.9 Å². The van der Waals surface area contributed by atoms with E-state index in [9.17, 15) is 9.18 Å². The van der Waals surface area contributed by atoms with E-state index >= 15 is 0 Å². The van der Waals surface area contributed by atoms with Crippen LogP contribution in [0.4, 0.5) is 4.39 Å². The van der Waals surface area contributed by atoms with Crippen LogP contribution >= 0.6 is 0 Å². The summed E-state index contributed by atoms with van der Waals surface area (Å²) in [5, 5.41) is 0. The first-order valence-electron chi connectivity index (χ1n) is 5.68. The van der Waals surface area contributed by atoms with E-state index in [1.807, 2.05) is 5.43 Å². The van der Waals surface area contributed by atoms with Gasteiger partial charge in [0.1, 0.15) is 18.2 Å². The molecule has 0 aromatic heterocycles. The number of carbonyl (C=O) groups is 1. The number of hydrogen-bond donors (Lipinski definition) is 2. The van der Waals surface area contributed by atoms with E-state index in [0.29, 0.717) is 16.9 Å². The fourth-order valence-corrected chi connectivity index (χ4v) is 1.56. The van der Waals surface area contributed by atoms with Gasteiger partial charge in [-0.3, -0.25) is 10.2 Å². The number of nitrogens with one attached hydrogen (secondary N) is 1. The lowest BCUT2D eigenvalue weighted by molar-refractivity contribution is 0.0953. The maximum absolute atomic E-state index is 13.4. The average Bonchev–Trinajstić information content (AvgIpc) is 2.46. The maximum Gasteiger partial charge on any atom is 0.265 e. The Hall–Kier alpha value is -2.40. The zero-order chi connectivity index (χ0) is 13.7. The zero-order valence-electron chi connectivity index (χ0n) is 10.1. The van der Waals surface area contributed by atoms with Gasteiger partial charge in [0.05, 0.1) is 0 Å². The van der Waals surface area contributed by atoms with Gasteiger partial charge >= 0.3 is 0 Å². The molecule has 2 aromatic carbocycles. The fraction of sp³-hybridized carbons (Fsp3) is 0.0714. The minimum atomic E-state index is -0.374. The summed E-state index contributed by atoms with van der Waals surface area (Å²) in [6.07, 6.45) is 0. The number of ether oxygens (including phenoxy) is 1. The summed E-state index contributed by atoms with van der Waals surface area (Å²) < 4.78 is 18.8. The molecule has 0 aliphatic carbocycles. The number of benzene rings is 2. The third kappa shape index (κ3) is 3.29. The van der Waals surface area contributed by atoms with Crippen LogP contribution < -0.4 is 16.0 Å². The first-order valence-corrected chi connectivity index (χ1v) is 5.68. The van der Waals surface area contributed by atoms with Crippen molar-refractivity contribution in [2.75, 3.05) is 0 Å². The summed E-state index contributed by atoms with van der Waals surface area (Å²) in [5.41, 5.74) is 2.95. The summed E-state index contributed by atoms with van der Waals surface area (Å²) >= 11 is 0. The molecule has 0 saturated heterocycles. The molecule has 3 N–H and O–H groups in total. The lowest BCUT2D eigenvalue weighted by Gasteiger charge is -2.07. The van der Waals surface area contributed by atoms with Gasteiger partial charge in [-0.05, 0) is 30.3 Å². The number of halogens is 1. The topological polar surface area (TPSA) is 64.3 Å². The van der Waals surface area contributed by atoms with Gasteiger partial charge < -0.3 is 4.74 Å². The van der Waals surface area contributed by atoms with Gasteiger partial charge in [0.15, 0.2) is 0 Å². The third-order valence-electron chi connectivity index (χ3n) is 2.60. The van der Waals surface area contributed by atoms with Crippen molar-refractivity contribution < 1.29 is 13.9 Å². The molecule has 1 amide bonds. The molecule has 0 bridgehead atoms. The minimum absolute atomic E-state index is 0.134. The minimum Gasteiger partial charge on any atom is -0.489 e. The number of hydrazine groups is 1. The highest BCUT2D eigenvalue weighted by Gasteiger charge is 2.04. The highest BCUT2D eigenvalue weighted by molar-refractivity contribution is 5.93. The van der Waals surface area contributed by atoms with Crippen LogP contribution in [0.15, 0.2) is 48.5 Å². The Labute approximate surface area is 110 Å². The predicted molar refractivity (Wildman–Crippen MR) is 68.8 cm³/mol. The van der Waals surface area contributed by atoms with Crippen molar-refractivity contribution in [3.63, 3.8) is 0 Å². The molecular weight excluding hydrogens is 247 g/mol. The molecule has 4 nitrogen and oxygen atoms in total. The van der Waals surface area contributed by atoms with Gasteiger partial charge in [-0.1, -0.05) is 18.2 Å². The van der Waals surface area contributed by atoms with Crippen molar-refractivity contribution in [2.45, 2.75) is 6.61 Å². The SMILES string of the molecule is NNC(=O)c1ccc(OCc2ccccc2F)cc1. The molecule has 0 radical (unpaired) electrons. The number of amides is 1. The second-order valence-electron chi connectivity index (χ2n) is 3.88. The first-order chi connectivity index (χ1) is 9.20. The van der Waals surface area contributed by atoms with E-state index in [4.69, 9.17) is 10.6 Å². The highest BCUT2D eigenvalue weighted by Crippen LogP contribution is 2.15. The predicted octanol–water partition coefficient (Wildman–Crippen LogP) is 2.01. The van der Waals surface area contributed by atoms with E-state index in [1.54, 1.807) is 42.5 Å². The Morgan fingerprint density at radius 1 is 1.16 bits per heavy atom. The van der Waals surface area contributed by atoms with Gasteiger partial charge in [0.2, 0.25) is 0 Å². The molecule has 0 unspecified atom stereocenters. The molecule has 5 heteroatoms. The molecule has 2 rings (SSSR count). The van der Waals surface area contributed by atoms with Crippen LogP contribution in [0, 0.1) is 5.82 Å². The molecule has 0 spiro atoms. The summed E-state index contributed by atoms with van der Waals surface area (Å²) in [4.78, 5) is 11.2. The van der Waals surface area contributed by atoms with Gasteiger partial charge in [0, 0.05) is 11.1 Å². The van der Waals surface area contributed by atoms with Crippen molar-refractivity contribution >= 4 is 5.91 Å². The Morgan fingerprint density at radius 2 is 1.84 bits per heavy atom. The Kier molecular flexibility index (Phi) is 4.10. The van der Waals surface area contributed by atoms with Crippen molar-refractivity contribution in [1.29, 1.82) is 0 Å². The molecule has 0 aliphatic rings. The number of carbonyl (C=O) groups excluding carboxylic acids is 1. The van der Waals surface area contributed by atoms with Crippen molar-refractivity contribution in [2.24, 2.45) is 5.84 Å². The van der Waals surface area contributed by atoms with Crippen LogP contribution in [0.5, 0.6) is 5.75 Å². The number of rotatable bonds is 4. The second kappa shape index (κ2) is 5.97. The lowest BCUT2D eigenvalue weighted by Crippen LogP contribution is -2.29. The molecule has 0 atom stereocenters. The quantitative estimate of drug-likeness (QED) is 0.502. The van der Waals surface area contributed by atoms with Crippen molar-refractivity contribution in [1.82, 2.24) is 5.43 Å². The molecule has 98 valence electrons. The molecule has 0 aliphatic heterocycles. The van der Waals surface area contributed by atoms with Crippen LogP contribution in [0.25, 0.3) is 0 Å². The Morgan fingerprint density at radius 3 is 2.47 bits per heavy atom. The second-order valence-corrected chi connectivity index (χ2v) is 3.88. The van der Waals surface area contributed by atoms with Crippen LogP contribution in [-0.2, 0) is 6.61 Å². The number of hydrogen-bond acceptors (Lipinski definition) is 3. The van der Waals surface area contributed by atoms with Crippen LogP contribution in [-0.4, -0.2) is 5.91 Å². The monoisotopic (exact) mass is 260 g/mol. The summed E-state index contributed by atoms with van der Waals surface area (Å²) in [5.74, 6) is 4.90. The fourth-order valence-electron chi connectivity index (χ4n) is 1.56.